The Bertz CT molecular complexity index is 396. The molecule has 0 aromatic carbocycles. The number of rotatable bonds is 5. The molecule has 2 unspecified atom stereocenters. The second-order valence-corrected chi connectivity index (χ2v) is 7.13. The second-order valence-electron chi connectivity index (χ2n) is 7.13. The Morgan fingerprint density at radius 3 is 2.41 bits per heavy atom. The quantitative estimate of drug-likeness (QED) is 0.725. The van der Waals surface area contributed by atoms with Crippen LogP contribution in [0.3, 0.4) is 0 Å². The molecule has 0 spiro atoms. The Kier molecular flexibility index (Phi) is 4.53. The van der Waals surface area contributed by atoms with Crippen LogP contribution < -0.4 is 0 Å². The van der Waals surface area contributed by atoms with Crippen molar-refractivity contribution in [3.05, 3.63) is 0 Å². The SMILES string of the molecule is CCCCO[C@@H]1C2OC(C)(C)OC2O[C@@H]1[C@H]1COC(C)(C)O1. The minimum Gasteiger partial charge on any atom is -0.372 e. The van der Waals surface area contributed by atoms with E-state index in [9.17, 15) is 0 Å². The van der Waals surface area contributed by atoms with Crippen molar-refractivity contribution in [3.8, 4) is 0 Å². The molecule has 0 aromatic rings. The molecular formula is C16H28O6. The molecule has 3 aliphatic rings. The summed E-state index contributed by atoms with van der Waals surface area (Å²) in [7, 11) is 0. The van der Waals surface area contributed by atoms with Crippen molar-refractivity contribution in [2.45, 2.75) is 89.7 Å². The van der Waals surface area contributed by atoms with Crippen LogP contribution in [-0.2, 0) is 28.4 Å². The van der Waals surface area contributed by atoms with Gasteiger partial charge in [-0.1, -0.05) is 13.3 Å². The van der Waals surface area contributed by atoms with Crippen LogP contribution in [-0.4, -0.2) is 55.5 Å². The Labute approximate surface area is 132 Å². The fraction of sp³-hybridized carbons (Fsp3) is 1.00. The van der Waals surface area contributed by atoms with Gasteiger partial charge in [-0.25, -0.2) is 0 Å². The van der Waals surface area contributed by atoms with Crippen molar-refractivity contribution < 1.29 is 28.4 Å². The molecule has 0 saturated carbocycles. The van der Waals surface area contributed by atoms with Crippen LogP contribution in [0.5, 0.6) is 0 Å². The molecule has 0 radical (unpaired) electrons. The van der Waals surface area contributed by atoms with E-state index in [0.717, 1.165) is 12.8 Å². The smallest absolute Gasteiger partial charge is 0.190 e. The number of ether oxygens (including phenoxy) is 6. The van der Waals surface area contributed by atoms with Crippen LogP contribution in [0.2, 0.25) is 0 Å². The normalized spacial score (nSPS) is 42.7. The van der Waals surface area contributed by atoms with Gasteiger partial charge in [-0.3, -0.25) is 0 Å². The van der Waals surface area contributed by atoms with Crippen molar-refractivity contribution in [3.63, 3.8) is 0 Å². The van der Waals surface area contributed by atoms with Crippen molar-refractivity contribution >= 4 is 0 Å². The molecule has 3 heterocycles. The Morgan fingerprint density at radius 2 is 1.77 bits per heavy atom. The van der Waals surface area contributed by atoms with Gasteiger partial charge in [0.2, 0.25) is 0 Å². The van der Waals surface area contributed by atoms with Crippen molar-refractivity contribution in [1.82, 2.24) is 0 Å². The highest BCUT2D eigenvalue weighted by molar-refractivity contribution is 4.98. The van der Waals surface area contributed by atoms with Crippen LogP contribution in [0.1, 0.15) is 47.5 Å². The molecule has 5 atom stereocenters. The molecular weight excluding hydrogens is 288 g/mol. The topological polar surface area (TPSA) is 55.4 Å². The molecule has 22 heavy (non-hydrogen) atoms. The molecule has 0 bridgehead atoms. The van der Waals surface area contributed by atoms with Crippen LogP contribution in [0.25, 0.3) is 0 Å². The molecule has 0 aromatic heterocycles. The van der Waals surface area contributed by atoms with Gasteiger partial charge in [-0.15, -0.1) is 0 Å². The lowest BCUT2D eigenvalue weighted by atomic mass is 10.1. The van der Waals surface area contributed by atoms with Gasteiger partial charge in [-0.05, 0) is 34.1 Å². The Balaban J connectivity index is 1.69. The number of fused-ring (bicyclic) bond motifs is 1. The van der Waals surface area contributed by atoms with E-state index < -0.39 is 17.9 Å². The summed E-state index contributed by atoms with van der Waals surface area (Å²) in [5, 5.41) is 0. The monoisotopic (exact) mass is 316 g/mol. The maximum Gasteiger partial charge on any atom is 0.190 e. The number of hydrogen-bond donors (Lipinski definition) is 0. The predicted octanol–water partition coefficient (Wildman–Crippen LogP) is 2.20. The van der Waals surface area contributed by atoms with Crippen LogP contribution in [0.15, 0.2) is 0 Å². The summed E-state index contributed by atoms with van der Waals surface area (Å²) in [5.41, 5.74) is 0. The van der Waals surface area contributed by atoms with Gasteiger partial charge in [0.05, 0.1) is 6.61 Å². The van der Waals surface area contributed by atoms with Gasteiger partial charge in [0.15, 0.2) is 17.9 Å². The zero-order chi connectivity index (χ0) is 16.0. The van der Waals surface area contributed by atoms with Crippen molar-refractivity contribution in [2.75, 3.05) is 13.2 Å². The van der Waals surface area contributed by atoms with Gasteiger partial charge >= 0.3 is 0 Å². The maximum atomic E-state index is 6.08. The van der Waals surface area contributed by atoms with Gasteiger partial charge in [0, 0.05) is 6.61 Å². The Morgan fingerprint density at radius 1 is 1.00 bits per heavy atom. The maximum absolute atomic E-state index is 6.08. The summed E-state index contributed by atoms with van der Waals surface area (Å²) in [6.07, 6.45) is 0.889. The fourth-order valence-corrected chi connectivity index (χ4v) is 3.23. The average molecular weight is 316 g/mol. The Hall–Kier alpha value is -0.240. The van der Waals surface area contributed by atoms with Crippen LogP contribution in [0, 0.1) is 0 Å². The number of hydrogen-bond acceptors (Lipinski definition) is 6. The number of unbranched alkanes of at least 4 members (excludes halogenated alkanes) is 1. The summed E-state index contributed by atoms with van der Waals surface area (Å²) in [6, 6.07) is 0. The lowest BCUT2D eigenvalue weighted by Gasteiger charge is -2.29. The zero-order valence-electron chi connectivity index (χ0n) is 14.2. The summed E-state index contributed by atoms with van der Waals surface area (Å²) >= 11 is 0. The fourth-order valence-electron chi connectivity index (χ4n) is 3.23. The molecule has 0 aliphatic carbocycles. The average Bonchev–Trinajstić information content (AvgIpc) is 3.01. The standard InChI is InChI=1S/C16H28O6/c1-6-7-8-17-12-11(10-9-18-15(2,3)20-10)19-14-13(12)21-16(4,5)22-14/h10-14H,6-9H2,1-5H3/t10-,11-,12+,13?,14?/m1/s1. The lowest BCUT2D eigenvalue weighted by Crippen LogP contribution is -2.44. The molecule has 6 heteroatoms. The molecule has 3 saturated heterocycles. The summed E-state index contributed by atoms with van der Waals surface area (Å²) in [4.78, 5) is 0. The van der Waals surface area contributed by atoms with E-state index in [-0.39, 0.29) is 24.4 Å². The predicted molar refractivity (Wildman–Crippen MR) is 78.3 cm³/mol. The summed E-state index contributed by atoms with van der Waals surface area (Å²) < 4.78 is 35.6. The summed E-state index contributed by atoms with van der Waals surface area (Å²) in [5.74, 6) is -1.22. The minimum absolute atomic E-state index is 0.164. The van der Waals surface area contributed by atoms with E-state index in [1.54, 1.807) is 0 Å². The molecule has 0 amide bonds. The molecule has 3 aliphatic heterocycles. The van der Waals surface area contributed by atoms with E-state index in [1.807, 2.05) is 27.7 Å². The minimum atomic E-state index is -0.640. The van der Waals surface area contributed by atoms with Gasteiger partial charge in [-0.2, -0.15) is 0 Å². The van der Waals surface area contributed by atoms with E-state index >= 15 is 0 Å². The summed E-state index contributed by atoms with van der Waals surface area (Å²) in [6.45, 7) is 10.9. The highest BCUT2D eigenvalue weighted by atomic mass is 16.8. The van der Waals surface area contributed by atoms with E-state index in [4.69, 9.17) is 28.4 Å². The first kappa shape index (κ1) is 16.6. The van der Waals surface area contributed by atoms with Gasteiger partial charge in [0.1, 0.15) is 24.4 Å². The van der Waals surface area contributed by atoms with Gasteiger partial charge in [0.25, 0.3) is 0 Å². The van der Waals surface area contributed by atoms with Crippen LogP contribution >= 0.6 is 0 Å². The first-order valence-electron chi connectivity index (χ1n) is 8.26. The molecule has 3 rings (SSSR count). The van der Waals surface area contributed by atoms with E-state index in [1.165, 1.54) is 0 Å². The third-order valence-electron chi connectivity index (χ3n) is 4.23. The lowest BCUT2D eigenvalue weighted by molar-refractivity contribution is -0.236. The highest BCUT2D eigenvalue weighted by Crippen LogP contribution is 2.41. The molecule has 3 fully saturated rings. The second kappa shape index (κ2) is 6.00. The highest BCUT2D eigenvalue weighted by Gasteiger charge is 2.58. The first-order valence-corrected chi connectivity index (χ1v) is 8.26. The zero-order valence-corrected chi connectivity index (χ0v) is 14.2. The molecule has 0 N–H and O–H groups in total. The molecule has 128 valence electrons. The van der Waals surface area contributed by atoms with Gasteiger partial charge < -0.3 is 28.4 Å². The molecule has 6 nitrogen and oxygen atoms in total. The van der Waals surface area contributed by atoms with E-state index in [0.29, 0.717) is 13.2 Å². The van der Waals surface area contributed by atoms with Crippen LogP contribution in [0.4, 0.5) is 0 Å². The van der Waals surface area contributed by atoms with E-state index in [2.05, 4.69) is 6.92 Å². The third kappa shape index (κ3) is 3.32. The third-order valence-corrected chi connectivity index (χ3v) is 4.23. The largest absolute Gasteiger partial charge is 0.372 e. The first-order chi connectivity index (χ1) is 10.3. The van der Waals surface area contributed by atoms with Crippen molar-refractivity contribution in [2.24, 2.45) is 0 Å². The van der Waals surface area contributed by atoms with Crippen molar-refractivity contribution in [1.29, 1.82) is 0 Å².